The lowest BCUT2D eigenvalue weighted by Gasteiger charge is -1.99. The van der Waals surface area contributed by atoms with Gasteiger partial charge in [-0.25, -0.2) is 5.43 Å². The average molecular weight is 299 g/mol. The first-order chi connectivity index (χ1) is 8.68. The number of hydrazone groups is 1. The van der Waals surface area contributed by atoms with Gasteiger partial charge in [-0.3, -0.25) is 4.79 Å². The number of amides is 1. The number of carbonyl (C=O) groups is 1. The minimum absolute atomic E-state index is 0.251. The molecule has 0 aliphatic carbocycles. The van der Waals surface area contributed by atoms with Crippen LogP contribution in [0.5, 0.6) is 0 Å². The number of carbonyl (C=O) groups excluding carboxylic acids is 1. The molecular weight excluding hydrogens is 291 g/mol. The van der Waals surface area contributed by atoms with Crippen LogP contribution >= 0.6 is 34.5 Å². The summed E-state index contributed by atoms with van der Waals surface area (Å²) in [5.74, 6) is -0.251. The second-order valence-electron chi connectivity index (χ2n) is 3.32. The molecule has 1 aromatic carbocycles. The monoisotopic (exact) mass is 298 g/mol. The maximum Gasteiger partial charge on any atom is 0.281 e. The molecule has 0 aliphatic heterocycles. The molecular formula is C12H8Cl2N2OS. The van der Waals surface area contributed by atoms with Crippen molar-refractivity contribution in [3.8, 4) is 0 Å². The Bertz CT molecular complexity index is 582. The summed E-state index contributed by atoms with van der Waals surface area (Å²) < 4.78 is 0. The summed E-state index contributed by atoms with van der Waals surface area (Å²) in [5, 5.41) is 6.52. The van der Waals surface area contributed by atoms with Crippen LogP contribution in [0.4, 0.5) is 0 Å². The van der Waals surface area contributed by atoms with Crippen LogP contribution in [-0.2, 0) is 0 Å². The second kappa shape index (κ2) is 6.00. The van der Waals surface area contributed by atoms with Gasteiger partial charge in [0.1, 0.15) is 0 Å². The van der Waals surface area contributed by atoms with Crippen molar-refractivity contribution in [2.45, 2.75) is 0 Å². The molecule has 1 amide bonds. The Labute approximate surface area is 118 Å². The maximum atomic E-state index is 11.6. The predicted octanol–water partition coefficient (Wildman–Crippen LogP) is 3.82. The van der Waals surface area contributed by atoms with Gasteiger partial charge in [0, 0.05) is 5.56 Å². The van der Waals surface area contributed by atoms with E-state index in [0.717, 1.165) is 0 Å². The van der Waals surface area contributed by atoms with Gasteiger partial charge in [-0.05, 0) is 17.5 Å². The first-order valence-corrected chi connectivity index (χ1v) is 6.63. The fourth-order valence-corrected chi connectivity index (χ4v) is 2.21. The van der Waals surface area contributed by atoms with Crippen molar-refractivity contribution in [2.75, 3.05) is 0 Å². The van der Waals surface area contributed by atoms with Gasteiger partial charge in [-0.1, -0.05) is 41.4 Å². The molecule has 0 saturated carbocycles. The van der Waals surface area contributed by atoms with E-state index in [9.17, 15) is 4.79 Å². The van der Waals surface area contributed by atoms with E-state index in [0.29, 0.717) is 20.5 Å². The van der Waals surface area contributed by atoms with Crippen LogP contribution in [-0.4, -0.2) is 12.1 Å². The topological polar surface area (TPSA) is 41.5 Å². The van der Waals surface area contributed by atoms with Crippen molar-refractivity contribution in [2.24, 2.45) is 5.10 Å². The van der Waals surface area contributed by atoms with Crippen molar-refractivity contribution >= 4 is 46.7 Å². The number of hydrogen-bond donors (Lipinski definition) is 1. The highest BCUT2D eigenvalue weighted by molar-refractivity contribution is 7.12. The van der Waals surface area contributed by atoms with Crippen LogP contribution in [0.15, 0.2) is 40.8 Å². The van der Waals surface area contributed by atoms with Gasteiger partial charge in [0.25, 0.3) is 5.91 Å². The molecule has 6 heteroatoms. The van der Waals surface area contributed by atoms with E-state index >= 15 is 0 Å². The Morgan fingerprint density at radius 1 is 1.28 bits per heavy atom. The van der Waals surface area contributed by atoms with E-state index in [1.165, 1.54) is 17.6 Å². The molecule has 0 bridgehead atoms. The normalized spacial score (nSPS) is 10.8. The largest absolute Gasteiger partial charge is 0.281 e. The Balaban J connectivity index is 2.04. The molecule has 2 aromatic rings. The number of nitrogens with one attached hydrogen (secondary N) is 1. The standard InChI is InChI=1S/C12H8Cl2N2OS/c13-9-4-1-3-8(11(9)14)7-15-16-12(17)10-5-2-6-18-10/h1-7H,(H,16,17)/b15-7-. The molecule has 0 saturated heterocycles. The zero-order valence-electron chi connectivity index (χ0n) is 9.06. The molecule has 1 N–H and O–H groups in total. The van der Waals surface area contributed by atoms with E-state index in [1.807, 2.05) is 5.38 Å². The fraction of sp³-hybridized carbons (Fsp3) is 0. The molecule has 0 unspecified atom stereocenters. The Hall–Kier alpha value is -1.36. The smallest absolute Gasteiger partial charge is 0.266 e. The first kappa shape index (κ1) is 13.1. The van der Waals surface area contributed by atoms with Crippen LogP contribution in [0.3, 0.4) is 0 Å². The molecule has 0 fully saturated rings. The SMILES string of the molecule is O=C(N/N=C\c1cccc(Cl)c1Cl)c1cccs1. The highest BCUT2D eigenvalue weighted by Crippen LogP contribution is 2.24. The van der Waals surface area contributed by atoms with Crippen LogP contribution < -0.4 is 5.43 Å². The average Bonchev–Trinajstić information content (AvgIpc) is 2.88. The van der Waals surface area contributed by atoms with Crippen LogP contribution in [0, 0.1) is 0 Å². The molecule has 0 atom stereocenters. The van der Waals surface area contributed by atoms with Gasteiger partial charge in [0.2, 0.25) is 0 Å². The first-order valence-electron chi connectivity index (χ1n) is 4.99. The van der Waals surface area contributed by atoms with E-state index in [4.69, 9.17) is 23.2 Å². The van der Waals surface area contributed by atoms with Gasteiger partial charge < -0.3 is 0 Å². The van der Waals surface area contributed by atoms with Gasteiger partial charge in [-0.2, -0.15) is 5.10 Å². The third kappa shape index (κ3) is 3.10. The number of benzene rings is 1. The third-order valence-electron chi connectivity index (χ3n) is 2.10. The molecule has 1 heterocycles. The summed E-state index contributed by atoms with van der Waals surface area (Å²) in [6.07, 6.45) is 1.46. The molecule has 1 aromatic heterocycles. The number of rotatable bonds is 3. The zero-order chi connectivity index (χ0) is 13.0. The Morgan fingerprint density at radius 3 is 2.83 bits per heavy atom. The summed E-state index contributed by atoms with van der Waals surface area (Å²) in [6, 6.07) is 8.73. The van der Waals surface area contributed by atoms with Gasteiger partial charge in [0.05, 0.1) is 21.1 Å². The molecule has 0 spiro atoms. The predicted molar refractivity (Wildman–Crippen MR) is 75.8 cm³/mol. The van der Waals surface area contributed by atoms with Gasteiger partial charge >= 0.3 is 0 Å². The summed E-state index contributed by atoms with van der Waals surface area (Å²) in [7, 11) is 0. The van der Waals surface area contributed by atoms with Gasteiger partial charge in [0.15, 0.2) is 0 Å². The van der Waals surface area contributed by atoms with Crippen molar-refractivity contribution in [3.63, 3.8) is 0 Å². The zero-order valence-corrected chi connectivity index (χ0v) is 11.4. The van der Waals surface area contributed by atoms with Crippen LogP contribution in [0.2, 0.25) is 10.0 Å². The minimum Gasteiger partial charge on any atom is -0.266 e. The van der Waals surface area contributed by atoms with Crippen molar-refractivity contribution in [3.05, 3.63) is 56.2 Å². The lowest BCUT2D eigenvalue weighted by Crippen LogP contribution is -2.16. The number of nitrogens with zero attached hydrogens (tertiary/aromatic N) is 1. The highest BCUT2D eigenvalue weighted by Gasteiger charge is 2.04. The second-order valence-corrected chi connectivity index (χ2v) is 5.05. The van der Waals surface area contributed by atoms with E-state index in [2.05, 4.69) is 10.5 Å². The minimum atomic E-state index is -0.251. The maximum absolute atomic E-state index is 11.6. The number of halogens is 2. The molecule has 92 valence electrons. The van der Waals surface area contributed by atoms with Crippen molar-refractivity contribution in [1.29, 1.82) is 0 Å². The van der Waals surface area contributed by atoms with Crippen molar-refractivity contribution in [1.82, 2.24) is 5.43 Å². The highest BCUT2D eigenvalue weighted by atomic mass is 35.5. The quantitative estimate of drug-likeness (QED) is 0.679. The molecule has 18 heavy (non-hydrogen) atoms. The summed E-state index contributed by atoms with van der Waals surface area (Å²) in [5.41, 5.74) is 3.07. The number of hydrogen-bond acceptors (Lipinski definition) is 3. The lowest BCUT2D eigenvalue weighted by atomic mass is 10.2. The van der Waals surface area contributed by atoms with E-state index in [-0.39, 0.29) is 5.91 Å². The van der Waals surface area contributed by atoms with E-state index < -0.39 is 0 Å². The van der Waals surface area contributed by atoms with E-state index in [1.54, 1.807) is 30.3 Å². The molecule has 2 rings (SSSR count). The summed E-state index contributed by atoms with van der Waals surface area (Å²) >= 11 is 13.2. The fourth-order valence-electron chi connectivity index (χ4n) is 1.24. The van der Waals surface area contributed by atoms with Crippen LogP contribution in [0.1, 0.15) is 15.2 Å². The Morgan fingerprint density at radius 2 is 2.11 bits per heavy atom. The lowest BCUT2D eigenvalue weighted by molar-refractivity contribution is 0.0959. The molecule has 3 nitrogen and oxygen atoms in total. The summed E-state index contributed by atoms with van der Waals surface area (Å²) in [6.45, 7) is 0. The Kier molecular flexibility index (Phi) is 4.36. The third-order valence-corrected chi connectivity index (χ3v) is 3.80. The van der Waals surface area contributed by atoms with Crippen molar-refractivity contribution < 1.29 is 4.79 Å². The van der Waals surface area contributed by atoms with Crippen LogP contribution in [0.25, 0.3) is 0 Å². The summed E-state index contributed by atoms with van der Waals surface area (Å²) in [4.78, 5) is 12.2. The number of thiophene rings is 1. The van der Waals surface area contributed by atoms with Gasteiger partial charge in [-0.15, -0.1) is 11.3 Å². The molecule has 0 aliphatic rings. The molecule has 0 radical (unpaired) electrons.